The van der Waals surface area contributed by atoms with Gasteiger partial charge in [0.1, 0.15) is 0 Å². The average Bonchev–Trinajstić information content (AvgIpc) is 2.94. The van der Waals surface area contributed by atoms with Crippen LogP contribution in [0.5, 0.6) is 0 Å². The molecule has 15 heteroatoms. The lowest BCUT2D eigenvalue weighted by molar-refractivity contribution is 0.372. The van der Waals surface area contributed by atoms with Crippen LogP contribution < -0.4 is 0 Å². The maximum absolute atomic E-state index is 5.09. The lowest BCUT2D eigenvalue weighted by Crippen LogP contribution is -2.10. The summed E-state index contributed by atoms with van der Waals surface area (Å²) < 4.78 is 11.5. The molecule has 0 radical (unpaired) electrons. The second kappa shape index (κ2) is 36.9. The topological polar surface area (TPSA) is 131 Å². The Kier molecular flexibility index (Phi) is 32.1. The largest absolute Gasteiger partial charge is 0.349 e. The van der Waals surface area contributed by atoms with Gasteiger partial charge >= 0.3 is 0 Å². The van der Waals surface area contributed by atoms with E-state index in [0.717, 1.165) is 35.6 Å². The number of hydrogen-bond acceptors (Lipinski definition) is 12. The zero-order valence-electron chi connectivity index (χ0n) is 59.4. The Morgan fingerprint density at radius 1 is 0.625 bits per heavy atom. The van der Waals surface area contributed by atoms with Crippen molar-refractivity contribution < 1.29 is 4.52 Å². The van der Waals surface area contributed by atoms with Gasteiger partial charge in [0.15, 0.2) is 5.82 Å². The molecule has 0 atom stereocenters. The lowest BCUT2D eigenvalue weighted by atomic mass is 9.88. The van der Waals surface area contributed by atoms with Crippen LogP contribution in [0.2, 0.25) is 0 Å². The number of allylic oxidation sites excluding steroid dienone is 1. The molecule has 12 nitrogen and oxygen atoms in total. The summed E-state index contributed by atoms with van der Waals surface area (Å²) in [5, 5.41) is 12.7. The highest BCUT2D eigenvalue weighted by atomic mass is 32.1. The van der Waals surface area contributed by atoms with Gasteiger partial charge in [-0.05, 0) is 192 Å². The van der Waals surface area contributed by atoms with E-state index in [9.17, 15) is 0 Å². The minimum Gasteiger partial charge on any atom is -0.349 e. The van der Waals surface area contributed by atoms with Gasteiger partial charge in [-0.25, -0.2) is 15.0 Å². The van der Waals surface area contributed by atoms with Crippen molar-refractivity contribution in [3.8, 4) is 0 Å². The SMILES string of the molecule is CC(C)(C)c1ccc(C2CC2)s1.CC(C)(C)c1cccnc1.CC(C)C1=NCC=C1.CC(C)c1noc(C2CC2)n1.CC(C)n1ccnc1.Cc1cc(C)n(C(C)C)c1.Cc1cc(C)n(C(C)C)n1.Cc1csc(C(C)C)n1.Cc1nc(C)c(C(C)C)s1. The Balaban J connectivity index is 0.000000260. The van der Waals surface area contributed by atoms with Gasteiger partial charge < -0.3 is 13.7 Å². The van der Waals surface area contributed by atoms with Gasteiger partial charge in [-0.15, -0.1) is 34.0 Å². The summed E-state index contributed by atoms with van der Waals surface area (Å²) in [7, 11) is 0. The molecule has 0 spiro atoms. The third kappa shape index (κ3) is 28.5. The molecule has 2 aliphatic carbocycles. The van der Waals surface area contributed by atoms with Gasteiger partial charge in [0.05, 0.1) is 34.3 Å². The van der Waals surface area contributed by atoms with E-state index in [4.69, 9.17) is 4.52 Å². The molecule has 2 fully saturated rings. The van der Waals surface area contributed by atoms with Crippen molar-refractivity contribution in [1.82, 2.24) is 49.0 Å². The normalized spacial score (nSPS) is 13.4. The van der Waals surface area contributed by atoms with Gasteiger partial charge in [-0.1, -0.05) is 114 Å². The summed E-state index contributed by atoms with van der Waals surface area (Å²) in [6.45, 7) is 59.0. The molecule has 88 heavy (non-hydrogen) atoms. The van der Waals surface area contributed by atoms with E-state index in [1.807, 2.05) is 66.0 Å². The van der Waals surface area contributed by atoms with E-state index in [-0.39, 0.29) is 5.41 Å². The minimum absolute atomic E-state index is 0.230. The minimum atomic E-state index is 0.230. The van der Waals surface area contributed by atoms with E-state index < -0.39 is 0 Å². The number of aryl methyl sites for hydroxylation is 7. The van der Waals surface area contributed by atoms with E-state index in [1.54, 1.807) is 28.6 Å². The van der Waals surface area contributed by atoms with Crippen molar-refractivity contribution >= 4 is 39.7 Å². The third-order valence-corrected chi connectivity index (χ3v) is 18.3. The first-order valence-corrected chi connectivity index (χ1v) is 34.7. The number of hydrogen-bond donors (Lipinski definition) is 0. The Labute approximate surface area is 545 Å². The number of aromatic nitrogens is 10. The predicted molar refractivity (Wildman–Crippen MR) is 380 cm³/mol. The van der Waals surface area contributed by atoms with Crippen molar-refractivity contribution in [1.29, 1.82) is 0 Å². The highest BCUT2D eigenvalue weighted by Gasteiger charge is 2.30. The second-order valence-corrected chi connectivity index (χ2v) is 30.7. The van der Waals surface area contributed by atoms with Gasteiger partial charge in [-0.2, -0.15) is 10.1 Å². The van der Waals surface area contributed by atoms with Crippen molar-refractivity contribution in [2.75, 3.05) is 6.54 Å². The standard InChI is InChI=1S/C11H16S.C9H15N.C9H13N.C8H12N2O.C8H14N2.C8H13NS.C7H11NS.C7H11N.C6H10N2/c1-11(2,3)10-7-6-9(12-10)8-4-5-8;1-7(2)10-6-8(3)5-9(10)4;1-9(2,3)8-5-4-6-10-7-8;1-5(2)7-9-8(11-10-7)6-3-4-6;1-6(2)10-8(4)5-7(3)9-10;1-5(2)8-6(3)9-7(4)10-8;1-5(2)7-8-6(3)4-9-7;1-6(2)7-4-3-5-8-7;1-6(2)8-4-3-7-5-8/h6-8H,4-5H2,1-3H3;5-7H,1-4H3;4-7H,1-3H3;5-6H,3-4H2,1-2H3;5-6H,1-4H3;5H,1-4H3;4-5H,1-3H3;3-4,6H,5H2,1-2H3;3-6H,1-2H3. The fourth-order valence-electron chi connectivity index (χ4n) is 8.67. The van der Waals surface area contributed by atoms with Crippen LogP contribution in [0.25, 0.3) is 0 Å². The highest BCUT2D eigenvalue weighted by Crippen LogP contribution is 2.45. The van der Waals surface area contributed by atoms with Gasteiger partial charge in [-0.3, -0.25) is 14.7 Å². The first-order chi connectivity index (χ1) is 41.1. The van der Waals surface area contributed by atoms with Crippen molar-refractivity contribution in [3.63, 3.8) is 0 Å². The highest BCUT2D eigenvalue weighted by molar-refractivity contribution is 7.12. The maximum atomic E-state index is 5.09. The molecule has 9 heterocycles. The molecule has 0 bridgehead atoms. The van der Waals surface area contributed by atoms with Crippen LogP contribution in [0.1, 0.15) is 288 Å². The quantitative estimate of drug-likeness (QED) is 0.140. The molecule has 486 valence electrons. The second-order valence-electron chi connectivity index (χ2n) is 27.5. The van der Waals surface area contributed by atoms with Crippen LogP contribution in [0, 0.1) is 54.4 Å². The van der Waals surface area contributed by atoms with E-state index in [2.05, 4.69) is 276 Å². The number of thiophene rings is 1. The molecule has 1 aliphatic heterocycles. The fraction of sp³-hybridized carbons (Fsp3) is 0.589. The van der Waals surface area contributed by atoms with Crippen LogP contribution in [0.3, 0.4) is 0 Å². The molecule has 8 aromatic heterocycles. The molecular weight excluding hydrogens is 1140 g/mol. The van der Waals surface area contributed by atoms with Crippen LogP contribution >= 0.6 is 34.0 Å². The Morgan fingerprint density at radius 3 is 1.57 bits per heavy atom. The van der Waals surface area contributed by atoms with Crippen LogP contribution in [0.4, 0.5) is 0 Å². The summed E-state index contributed by atoms with van der Waals surface area (Å²) in [5.74, 6) is 5.39. The molecule has 0 aromatic carbocycles. The molecule has 0 unspecified atom stereocenters. The maximum Gasteiger partial charge on any atom is 0.229 e. The molecular formula is C73H115N11OS3. The summed E-state index contributed by atoms with van der Waals surface area (Å²) in [6, 6.07) is 14.6. The number of rotatable bonds is 9. The van der Waals surface area contributed by atoms with E-state index in [0.29, 0.717) is 53.1 Å². The fourth-order valence-corrected chi connectivity index (χ4v) is 11.6. The number of aliphatic imine (C=N–C) groups is 1. The summed E-state index contributed by atoms with van der Waals surface area (Å²) in [5.41, 5.74) is 10.5. The molecule has 0 saturated heterocycles. The number of nitrogens with zero attached hydrogens (tertiary/aromatic N) is 11. The van der Waals surface area contributed by atoms with Crippen molar-refractivity contribution in [2.24, 2.45) is 10.9 Å². The van der Waals surface area contributed by atoms with Gasteiger partial charge in [0.2, 0.25) is 5.89 Å². The Morgan fingerprint density at radius 2 is 1.28 bits per heavy atom. The molecule has 3 aliphatic rings. The average molecular weight is 1260 g/mol. The number of pyridine rings is 1. The zero-order chi connectivity index (χ0) is 66.2. The summed E-state index contributed by atoms with van der Waals surface area (Å²) in [4.78, 5) is 29.7. The molecule has 8 aromatic rings. The van der Waals surface area contributed by atoms with Crippen LogP contribution in [0.15, 0.2) is 101 Å². The number of thiazole rings is 2. The van der Waals surface area contributed by atoms with Crippen molar-refractivity contribution in [3.05, 3.63) is 167 Å². The predicted octanol–water partition coefficient (Wildman–Crippen LogP) is 21.7. The molecule has 2 saturated carbocycles. The molecule has 0 N–H and O–H groups in total. The zero-order valence-corrected chi connectivity index (χ0v) is 61.9. The summed E-state index contributed by atoms with van der Waals surface area (Å²) >= 11 is 5.57. The smallest absolute Gasteiger partial charge is 0.229 e. The summed E-state index contributed by atoms with van der Waals surface area (Å²) in [6.07, 6.45) is 21.0. The first kappa shape index (κ1) is 76.6. The third-order valence-electron chi connectivity index (χ3n) is 14.0. The lowest BCUT2D eigenvalue weighted by Gasteiger charge is -2.17. The van der Waals surface area contributed by atoms with Crippen LogP contribution in [-0.2, 0) is 10.8 Å². The molecule has 0 amide bonds. The van der Waals surface area contributed by atoms with Gasteiger partial charge in [0, 0.05) is 110 Å². The van der Waals surface area contributed by atoms with Gasteiger partial charge in [0.25, 0.3) is 0 Å². The monoisotopic (exact) mass is 1260 g/mol. The van der Waals surface area contributed by atoms with Crippen molar-refractivity contribution in [2.45, 2.75) is 271 Å². The van der Waals surface area contributed by atoms with E-state index in [1.165, 1.54) is 79.4 Å². The molecule has 11 rings (SSSR count). The Hall–Kier alpha value is -5.64. The Bertz CT molecular complexity index is 3090. The number of imidazole rings is 1. The van der Waals surface area contributed by atoms with E-state index >= 15 is 0 Å². The van der Waals surface area contributed by atoms with Crippen LogP contribution in [-0.4, -0.2) is 61.2 Å². The first-order valence-electron chi connectivity index (χ1n) is 32.1.